The van der Waals surface area contributed by atoms with E-state index < -0.39 is 6.10 Å². The van der Waals surface area contributed by atoms with Gasteiger partial charge in [0.2, 0.25) is 0 Å². The highest BCUT2D eigenvalue weighted by Gasteiger charge is 2.31. The Labute approximate surface area is 114 Å². The third kappa shape index (κ3) is 2.73. The summed E-state index contributed by atoms with van der Waals surface area (Å²) in [6, 6.07) is 6.08. The molecule has 0 aromatic heterocycles. The number of aryl methyl sites for hydroxylation is 1. The minimum absolute atomic E-state index is 0.0757. The summed E-state index contributed by atoms with van der Waals surface area (Å²) in [5.74, 6) is 0.672. The van der Waals surface area contributed by atoms with Crippen molar-refractivity contribution >= 4 is 5.91 Å². The van der Waals surface area contributed by atoms with Gasteiger partial charge in [-0.2, -0.15) is 0 Å². The zero-order valence-electron chi connectivity index (χ0n) is 11.7. The molecule has 1 saturated heterocycles. The Bertz CT molecular complexity index is 470. The van der Waals surface area contributed by atoms with Crippen molar-refractivity contribution in [3.63, 3.8) is 0 Å². The van der Waals surface area contributed by atoms with Crippen molar-refractivity contribution in [3.05, 3.63) is 29.3 Å². The summed E-state index contributed by atoms with van der Waals surface area (Å²) in [5.41, 5.74) is 2.18. The monoisotopic (exact) mass is 263 g/mol. The first-order chi connectivity index (χ1) is 9.04. The van der Waals surface area contributed by atoms with Gasteiger partial charge in [-0.25, -0.2) is 0 Å². The minimum Gasteiger partial charge on any atom is -0.496 e. The molecule has 1 fully saturated rings. The van der Waals surface area contributed by atoms with E-state index in [4.69, 9.17) is 4.74 Å². The molecule has 1 aromatic carbocycles. The summed E-state index contributed by atoms with van der Waals surface area (Å²) < 4.78 is 5.25. The molecule has 1 N–H and O–H groups in total. The summed E-state index contributed by atoms with van der Waals surface area (Å²) in [5, 5.41) is 9.47. The van der Waals surface area contributed by atoms with Gasteiger partial charge in [0.25, 0.3) is 5.91 Å². The third-order valence-electron chi connectivity index (χ3n) is 3.70. The Kier molecular flexibility index (Phi) is 4.10. The number of benzene rings is 1. The van der Waals surface area contributed by atoms with E-state index in [1.165, 1.54) is 6.92 Å². The molecule has 1 heterocycles. The molecule has 1 amide bonds. The van der Waals surface area contributed by atoms with Gasteiger partial charge >= 0.3 is 0 Å². The SMILES string of the molecule is COc1ccc([C@H]2CCCN2C(=O)[C@@H](C)O)cc1C. The number of likely N-dealkylation sites (tertiary alicyclic amines) is 1. The number of rotatable bonds is 3. The number of carbonyl (C=O) groups is 1. The fourth-order valence-electron chi connectivity index (χ4n) is 2.73. The second kappa shape index (κ2) is 5.61. The van der Waals surface area contributed by atoms with Crippen LogP contribution in [0.5, 0.6) is 5.75 Å². The number of ether oxygens (including phenoxy) is 1. The van der Waals surface area contributed by atoms with Crippen LogP contribution in [0.4, 0.5) is 0 Å². The lowest BCUT2D eigenvalue weighted by Gasteiger charge is -2.26. The topological polar surface area (TPSA) is 49.8 Å². The average molecular weight is 263 g/mol. The van der Waals surface area contributed by atoms with Gasteiger partial charge in [0, 0.05) is 6.54 Å². The fourth-order valence-corrected chi connectivity index (χ4v) is 2.73. The number of hydrogen-bond donors (Lipinski definition) is 1. The molecule has 2 atom stereocenters. The summed E-state index contributed by atoms with van der Waals surface area (Å²) in [4.78, 5) is 13.8. The van der Waals surface area contributed by atoms with E-state index in [1.807, 2.05) is 19.1 Å². The van der Waals surface area contributed by atoms with E-state index in [0.29, 0.717) is 0 Å². The predicted molar refractivity (Wildman–Crippen MR) is 73.1 cm³/mol. The Morgan fingerprint density at radius 3 is 2.84 bits per heavy atom. The van der Waals surface area contributed by atoms with Crippen LogP contribution in [0.25, 0.3) is 0 Å². The largest absolute Gasteiger partial charge is 0.496 e. The van der Waals surface area contributed by atoms with Crippen LogP contribution in [0, 0.1) is 6.92 Å². The minimum atomic E-state index is -0.931. The van der Waals surface area contributed by atoms with E-state index in [9.17, 15) is 9.90 Å². The molecule has 0 saturated carbocycles. The summed E-state index contributed by atoms with van der Waals surface area (Å²) in [7, 11) is 1.65. The molecular formula is C15H21NO3. The molecule has 1 aliphatic rings. The van der Waals surface area contributed by atoms with Crippen molar-refractivity contribution in [2.75, 3.05) is 13.7 Å². The van der Waals surface area contributed by atoms with Crippen LogP contribution in [0.3, 0.4) is 0 Å². The van der Waals surface area contributed by atoms with Gasteiger partial charge in [0.15, 0.2) is 0 Å². The molecule has 4 nitrogen and oxygen atoms in total. The highest BCUT2D eigenvalue weighted by Crippen LogP contribution is 2.34. The molecule has 1 aliphatic heterocycles. The van der Waals surface area contributed by atoms with Gasteiger partial charge in [0.05, 0.1) is 13.2 Å². The van der Waals surface area contributed by atoms with Crippen molar-refractivity contribution in [2.24, 2.45) is 0 Å². The molecule has 0 bridgehead atoms. The van der Waals surface area contributed by atoms with Crippen molar-refractivity contribution in [3.8, 4) is 5.75 Å². The van der Waals surface area contributed by atoms with E-state index >= 15 is 0 Å². The fraction of sp³-hybridized carbons (Fsp3) is 0.533. The predicted octanol–water partition coefficient (Wildman–Crippen LogP) is 2.05. The van der Waals surface area contributed by atoms with Crippen LogP contribution >= 0.6 is 0 Å². The van der Waals surface area contributed by atoms with Crippen LogP contribution in [0.2, 0.25) is 0 Å². The number of hydrogen-bond acceptors (Lipinski definition) is 3. The maximum absolute atomic E-state index is 12.0. The quantitative estimate of drug-likeness (QED) is 0.908. The molecule has 2 rings (SSSR count). The van der Waals surface area contributed by atoms with E-state index in [2.05, 4.69) is 6.07 Å². The van der Waals surface area contributed by atoms with Crippen LogP contribution in [-0.4, -0.2) is 35.7 Å². The average Bonchev–Trinajstić information content (AvgIpc) is 2.86. The Morgan fingerprint density at radius 1 is 1.53 bits per heavy atom. The zero-order valence-corrected chi connectivity index (χ0v) is 11.7. The standard InChI is InChI=1S/C15H21NO3/c1-10-9-12(6-7-14(10)19-3)13-5-4-8-16(13)15(18)11(2)17/h6-7,9,11,13,17H,4-5,8H2,1-3H3/t11-,13-/m1/s1. The highest BCUT2D eigenvalue weighted by molar-refractivity contribution is 5.81. The Morgan fingerprint density at radius 2 is 2.26 bits per heavy atom. The smallest absolute Gasteiger partial charge is 0.251 e. The zero-order chi connectivity index (χ0) is 14.0. The number of nitrogens with zero attached hydrogens (tertiary/aromatic N) is 1. The van der Waals surface area contributed by atoms with Crippen molar-refractivity contribution < 1.29 is 14.6 Å². The summed E-state index contributed by atoms with van der Waals surface area (Å²) in [6.07, 6.45) is 0.998. The Hall–Kier alpha value is -1.55. The molecular weight excluding hydrogens is 242 g/mol. The second-order valence-corrected chi connectivity index (χ2v) is 5.09. The van der Waals surface area contributed by atoms with E-state index in [0.717, 1.165) is 36.3 Å². The molecule has 0 radical (unpaired) electrons. The maximum Gasteiger partial charge on any atom is 0.251 e. The number of carbonyl (C=O) groups excluding carboxylic acids is 1. The Balaban J connectivity index is 2.25. The normalized spacial score (nSPS) is 20.4. The molecule has 0 unspecified atom stereocenters. The lowest BCUT2D eigenvalue weighted by molar-refractivity contribution is -0.140. The highest BCUT2D eigenvalue weighted by atomic mass is 16.5. The van der Waals surface area contributed by atoms with Crippen molar-refractivity contribution in [1.82, 2.24) is 4.90 Å². The molecule has 0 aliphatic carbocycles. The van der Waals surface area contributed by atoms with E-state index in [1.54, 1.807) is 12.0 Å². The number of methoxy groups -OCH3 is 1. The maximum atomic E-state index is 12.0. The number of aliphatic hydroxyl groups is 1. The second-order valence-electron chi connectivity index (χ2n) is 5.09. The van der Waals surface area contributed by atoms with E-state index in [-0.39, 0.29) is 11.9 Å². The van der Waals surface area contributed by atoms with Gasteiger partial charge in [0.1, 0.15) is 11.9 Å². The first-order valence-corrected chi connectivity index (χ1v) is 6.67. The summed E-state index contributed by atoms with van der Waals surface area (Å²) in [6.45, 7) is 4.24. The lowest BCUT2D eigenvalue weighted by atomic mass is 10.0. The van der Waals surface area contributed by atoms with Crippen LogP contribution in [-0.2, 0) is 4.79 Å². The van der Waals surface area contributed by atoms with Gasteiger partial charge in [-0.15, -0.1) is 0 Å². The first-order valence-electron chi connectivity index (χ1n) is 6.67. The third-order valence-corrected chi connectivity index (χ3v) is 3.70. The first kappa shape index (κ1) is 13.9. The lowest BCUT2D eigenvalue weighted by Crippen LogP contribution is -2.37. The van der Waals surface area contributed by atoms with Gasteiger partial charge in [-0.1, -0.05) is 12.1 Å². The number of aliphatic hydroxyl groups excluding tert-OH is 1. The van der Waals surface area contributed by atoms with Gasteiger partial charge < -0.3 is 14.7 Å². The van der Waals surface area contributed by atoms with Crippen LogP contribution in [0.15, 0.2) is 18.2 Å². The number of amides is 1. The molecule has 4 heteroatoms. The summed E-state index contributed by atoms with van der Waals surface area (Å²) >= 11 is 0. The van der Waals surface area contributed by atoms with Crippen molar-refractivity contribution in [1.29, 1.82) is 0 Å². The van der Waals surface area contributed by atoms with Gasteiger partial charge in [-0.05, 0) is 43.9 Å². The molecule has 104 valence electrons. The van der Waals surface area contributed by atoms with Crippen LogP contribution < -0.4 is 4.74 Å². The van der Waals surface area contributed by atoms with Crippen molar-refractivity contribution in [2.45, 2.75) is 38.8 Å². The van der Waals surface area contributed by atoms with Crippen LogP contribution in [0.1, 0.15) is 36.9 Å². The molecule has 1 aromatic rings. The molecule has 0 spiro atoms. The van der Waals surface area contributed by atoms with Gasteiger partial charge in [-0.3, -0.25) is 4.79 Å². The molecule has 19 heavy (non-hydrogen) atoms.